The van der Waals surface area contributed by atoms with E-state index < -0.39 is 97.5 Å². The average Bonchev–Trinajstić information content (AvgIpc) is 1.27. The number of aliphatic hydroxyl groups is 1. The Labute approximate surface area is 607 Å². The zero-order chi connectivity index (χ0) is 72.5. The summed E-state index contributed by atoms with van der Waals surface area (Å²) in [5.74, 6) is -2.11. The SMILES string of the molecule is CCCCCCCCCCCCCCCCCCCCCCC(=O)O[C@H](COC(=O)CCCCCCCCCCCCCCCCCCC)COP(=O)(O)OC[C@@H](O)COP(=O)(O)OC[C@@H](COC(=O)CCCCCCCCCC)OC(=O)CCCCCCCCCCCCCCCC. The predicted octanol–water partition coefficient (Wildman–Crippen LogP) is 24.2. The third-order valence-corrected chi connectivity index (χ3v) is 20.8. The van der Waals surface area contributed by atoms with Gasteiger partial charge in [-0.05, 0) is 25.7 Å². The van der Waals surface area contributed by atoms with E-state index in [0.29, 0.717) is 25.7 Å². The molecule has 0 bridgehead atoms. The van der Waals surface area contributed by atoms with Crippen molar-refractivity contribution >= 4 is 39.5 Å². The Bertz CT molecular complexity index is 1880. The van der Waals surface area contributed by atoms with Gasteiger partial charge in [-0.15, -0.1) is 0 Å². The molecule has 0 amide bonds. The largest absolute Gasteiger partial charge is 0.472 e. The van der Waals surface area contributed by atoms with Gasteiger partial charge in [0.05, 0.1) is 26.4 Å². The van der Waals surface area contributed by atoms with Crippen LogP contribution in [0.4, 0.5) is 0 Å². The van der Waals surface area contributed by atoms with E-state index in [1.807, 2.05) is 0 Å². The summed E-state index contributed by atoms with van der Waals surface area (Å²) in [4.78, 5) is 72.9. The van der Waals surface area contributed by atoms with Crippen LogP contribution in [0.5, 0.6) is 0 Å². The number of carbonyl (C=O) groups is 4. The molecule has 0 aromatic carbocycles. The molecule has 0 aliphatic rings. The van der Waals surface area contributed by atoms with E-state index in [1.165, 1.54) is 263 Å². The number of rotatable bonds is 81. The van der Waals surface area contributed by atoms with Gasteiger partial charge in [0, 0.05) is 25.7 Å². The van der Waals surface area contributed by atoms with Gasteiger partial charge in [-0.3, -0.25) is 37.3 Å². The van der Waals surface area contributed by atoms with Crippen LogP contribution in [-0.4, -0.2) is 96.7 Å². The highest BCUT2D eigenvalue weighted by Gasteiger charge is 2.30. The summed E-state index contributed by atoms with van der Waals surface area (Å²) in [7, 11) is -9.91. The van der Waals surface area contributed by atoms with Gasteiger partial charge < -0.3 is 33.8 Å². The maximum atomic E-state index is 13.1. The number of esters is 4. The monoisotopic (exact) mass is 1450 g/mol. The van der Waals surface area contributed by atoms with Crippen LogP contribution in [0.2, 0.25) is 0 Å². The van der Waals surface area contributed by atoms with E-state index in [1.54, 1.807) is 0 Å². The van der Waals surface area contributed by atoms with Crippen LogP contribution in [0, 0.1) is 0 Å². The van der Waals surface area contributed by atoms with Crippen molar-refractivity contribution in [3.8, 4) is 0 Å². The van der Waals surface area contributed by atoms with Gasteiger partial charge in [0.2, 0.25) is 0 Å². The molecular weight excluding hydrogens is 1290 g/mol. The highest BCUT2D eigenvalue weighted by Crippen LogP contribution is 2.45. The number of hydrogen-bond acceptors (Lipinski definition) is 15. The molecule has 17 nitrogen and oxygen atoms in total. The second-order valence-electron chi connectivity index (χ2n) is 28.8. The molecule has 0 aliphatic carbocycles. The van der Waals surface area contributed by atoms with E-state index in [9.17, 15) is 43.2 Å². The summed E-state index contributed by atoms with van der Waals surface area (Å²) in [5.41, 5.74) is 0. The van der Waals surface area contributed by atoms with Crippen LogP contribution in [0.3, 0.4) is 0 Å². The van der Waals surface area contributed by atoms with Crippen molar-refractivity contribution in [1.82, 2.24) is 0 Å². The summed E-state index contributed by atoms with van der Waals surface area (Å²) in [6.07, 6.45) is 66.7. The molecule has 99 heavy (non-hydrogen) atoms. The number of aliphatic hydroxyl groups excluding tert-OH is 1. The van der Waals surface area contributed by atoms with Crippen LogP contribution in [0.15, 0.2) is 0 Å². The summed E-state index contributed by atoms with van der Waals surface area (Å²) >= 11 is 0. The first-order valence-electron chi connectivity index (χ1n) is 41.8. The second kappa shape index (κ2) is 74.3. The molecule has 0 radical (unpaired) electrons. The first-order valence-corrected chi connectivity index (χ1v) is 44.8. The van der Waals surface area contributed by atoms with Crippen molar-refractivity contribution in [2.24, 2.45) is 0 Å². The Balaban J connectivity index is 5.19. The lowest BCUT2D eigenvalue weighted by molar-refractivity contribution is -0.161. The number of phosphoric ester groups is 2. The minimum absolute atomic E-state index is 0.108. The van der Waals surface area contributed by atoms with Gasteiger partial charge in [-0.2, -0.15) is 0 Å². The summed E-state index contributed by atoms with van der Waals surface area (Å²) in [5, 5.41) is 10.6. The molecule has 0 saturated carbocycles. The molecule has 0 heterocycles. The molecule has 2 unspecified atom stereocenters. The van der Waals surface area contributed by atoms with Gasteiger partial charge in [0.15, 0.2) is 12.2 Å². The van der Waals surface area contributed by atoms with Crippen molar-refractivity contribution < 1.29 is 80.2 Å². The first-order chi connectivity index (χ1) is 48.2. The number of unbranched alkanes of at least 4 members (excludes halogenated alkanes) is 55. The van der Waals surface area contributed by atoms with Crippen LogP contribution < -0.4 is 0 Å². The number of phosphoric acid groups is 2. The quantitative estimate of drug-likeness (QED) is 0.0222. The Hall–Kier alpha value is -1.94. The first kappa shape index (κ1) is 97.1. The average molecular weight is 1450 g/mol. The minimum Gasteiger partial charge on any atom is -0.462 e. The number of carbonyl (C=O) groups excluding carboxylic acids is 4. The molecule has 0 saturated heterocycles. The van der Waals surface area contributed by atoms with Crippen molar-refractivity contribution in [3.05, 3.63) is 0 Å². The van der Waals surface area contributed by atoms with Crippen molar-refractivity contribution in [3.63, 3.8) is 0 Å². The Morgan fingerprint density at radius 3 is 0.596 bits per heavy atom. The van der Waals surface area contributed by atoms with E-state index in [-0.39, 0.29) is 25.7 Å². The fourth-order valence-corrected chi connectivity index (χ4v) is 14.0. The summed E-state index contributed by atoms with van der Waals surface area (Å²) < 4.78 is 68.6. The van der Waals surface area contributed by atoms with Crippen molar-refractivity contribution in [1.29, 1.82) is 0 Å². The maximum Gasteiger partial charge on any atom is 0.472 e. The van der Waals surface area contributed by atoms with Gasteiger partial charge in [-0.25, -0.2) is 9.13 Å². The van der Waals surface area contributed by atoms with Gasteiger partial charge >= 0.3 is 39.5 Å². The van der Waals surface area contributed by atoms with Crippen molar-refractivity contribution in [2.45, 2.75) is 451 Å². The molecule has 0 aromatic rings. The third kappa shape index (κ3) is 74.1. The molecule has 0 rings (SSSR count). The van der Waals surface area contributed by atoms with Crippen LogP contribution in [0.25, 0.3) is 0 Å². The zero-order valence-electron chi connectivity index (χ0n) is 64.5. The van der Waals surface area contributed by atoms with E-state index in [0.717, 1.165) is 89.9 Å². The fourth-order valence-electron chi connectivity index (χ4n) is 12.5. The Morgan fingerprint density at radius 1 is 0.242 bits per heavy atom. The smallest absolute Gasteiger partial charge is 0.462 e. The van der Waals surface area contributed by atoms with E-state index in [4.69, 9.17) is 37.0 Å². The number of hydrogen-bond donors (Lipinski definition) is 3. The topological polar surface area (TPSA) is 237 Å². The molecule has 0 aliphatic heterocycles. The molecule has 0 aromatic heterocycles. The molecule has 0 spiro atoms. The molecule has 5 atom stereocenters. The van der Waals surface area contributed by atoms with Crippen LogP contribution >= 0.6 is 15.6 Å². The normalized spacial score (nSPS) is 13.8. The van der Waals surface area contributed by atoms with E-state index >= 15 is 0 Å². The lowest BCUT2D eigenvalue weighted by Gasteiger charge is -2.21. The maximum absolute atomic E-state index is 13.1. The van der Waals surface area contributed by atoms with Gasteiger partial charge in [0.1, 0.15) is 19.3 Å². The van der Waals surface area contributed by atoms with Gasteiger partial charge in [-0.1, -0.05) is 381 Å². The highest BCUT2D eigenvalue weighted by atomic mass is 31.2. The minimum atomic E-state index is -4.96. The third-order valence-electron chi connectivity index (χ3n) is 18.9. The van der Waals surface area contributed by atoms with Crippen molar-refractivity contribution in [2.75, 3.05) is 39.6 Å². The molecular formula is C80H156O17P2. The zero-order valence-corrected chi connectivity index (χ0v) is 66.3. The molecule has 3 N–H and O–H groups in total. The van der Waals surface area contributed by atoms with Crippen LogP contribution in [-0.2, 0) is 65.4 Å². The lowest BCUT2D eigenvalue weighted by Crippen LogP contribution is -2.30. The summed E-state index contributed by atoms with van der Waals surface area (Å²) in [6, 6.07) is 0. The fraction of sp³-hybridized carbons (Fsp3) is 0.950. The molecule has 19 heteroatoms. The van der Waals surface area contributed by atoms with Gasteiger partial charge in [0.25, 0.3) is 0 Å². The Kier molecular flexibility index (Phi) is 72.9. The standard InChI is InChI=1S/C80H156O17P2/c1-5-9-13-17-21-25-28-31-34-36-37-38-40-42-45-48-51-55-59-63-67-80(85)97-76(71-91-78(83)65-61-57-53-49-46-44-41-39-35-32-29-26-22-18-14-10-6-2)73-95-99(88,89)93-69-74(81)68-92-98(86,87)94-72-75(70-90-77(82)64-60-56-52-24-20-16-12-8-4)96-79(84)66-62-58-54-50-47-43-33-30-27-23-19-15-11-7-3/h74-76,81H,5-73H2,1-4H3,(H,86,87)(H,88,89)/t74-,75+,76+/m0/s1. The van der Waals surface area contributed by atoms with E-state index in [2.05, 4.69) is 27.7 Å². The molecule has 0 fully saturated rings. The van der Waals surface area contributed by atoms with Crippen LogP contribution in [0.1, 0.15) is 432 Å². The number of ether oxygens (including phenoxy) is 4. The predicted molar refractivity (Wildman–Crippen MR) is 405 cm³/mol. The summed E-state index contributed by atoms with van der Waals surface area (Å²) in [6.45, 7) is 5.00. The lowest BCUT2D eigenvalue weighted by atomic mass is 10.0. The Morgan fingerprint density at radius 2 is 0.404 bits per heavy atom. The highest BCUT2D eigenvalue weighted by molar-refractivity contribution is 7.47. The second-order valence-corrected chi connectivity index (χ2v) is 31.7. The molecule has 588 valence electrons.